The molecule has 2 rings (SSSR count). The van der Waals surface area contributed by atoms with Crippen LogP contribution in [-0.4, -0.2) is 12.5 Å². The first-order valence-corrected chi connectivity index (χ1v) is 6.60. The van der Waals surface area contributed by atoms with Gasteiger partial charge < -0.3 is 15.8 Å². The van der Waals surface area contributed by atoms with E-state index < -0.39 is 11.7 Å². The maximum absolute atomic E-state index is 13.7. The third-order valence-electron chi connectivity index (χ3n) is 2.87. The van der Waals surface area contributed by atoms with Gasteiger partial charge in [-0.3, -0.25) is 4.79 Å². The molecule has 5 heteroatoms. The molecule has 0 fully saturated rings. The van der Waals surface area contributed by atoms with Crippen LogP contribution in [0.15, 0.2) is 36.4 Å². The van der Waals surface area contributed by atoms with Crippen molar-refractivity contribution in [3.63, 3.8) is 0 Å². The largest absolute Gasteiger partial charge is 0.494 e. The summed E-state index contributed by atoms with van der Waals surface area (Å²) in [6.45, 7) is 4.09. The highest BCUT2D eigenvalue weighted by atomic mass is 19.1. The molecule has 21 heavy (non-hydrogen) atoms. The summed E-state index contributed by atoms with van der Waals surface area (Å²) in [5.41, 5.74) is 7.38. The van der Waals surface area contributed by atoms with Gasteiger partial charge in [-0.25, -0.2) is 4.39 Å². The molecule has 1 amide bonds. The number of nitrogen functional groups attached to an aromatic ring is 1. The standard InChI is InChI=1S/C16H17FN2O2/c1-3-21-13-8-11(7-12(18)9-13)16(20)19-15-5-4-10(2)6-14(15)17/h4-9H,3,18H2,1-2H3,(H,19,20). The van der Waals surface area contributed by atoms with Gasteiger partial charge in [-0.15, -0.1) is 0 Å². The first-order valence-electron chi connectivity index (χ1n) is 6.60. The zero-order valence-corrected chi connectivity index (χ0v) is 11.9. The number of halogens is 1. The Labute approximate surface area is 122 Å². The Hall–Kier alpha value is -2.56. The molecule has 0 spiro atoms. The highest BCUT2D eigenvalue weighted by Gasteiger charge is 2.11. The van der Waals surface area contributed by atoms with Crippen molar-refractivity contribution < 1.29 is 13.9 Å². The number of aryl methyl sites for hydroxylation is 1. The number of benzene rings is 2. The van der Waals surface area contributed by atoms with Crippen molar-refractivity contribution in [1.82, 2.24) is 0 Å². The Bertz CT molecular complexity index is 671. The van der Waals surface area contributed by atoms with Crippen LogP contribution in [0.3, 0.4) is 0 Å². The van der Waals surface area contributed by atoms with E-state index in [9.17, 15) is 9.18 Å². The predicted molar refractivity (Wildman–Crippen MR) is 81.1 cm³/mol. The molecule has 110 valence electrons. The molecule has 0 radical (unpaired) electrons. The molecule has 0 aliphatic carbocycles. The fourth-order valence-electron chi connectivity index (χ4n) is 1.92. The van der Waals surface area contributed by atoms with Gasteiger partial charge in [0.25, 0.3) is 5.91 Å². The molecule has 0 aliphatic rings. The van der Waals surface area contributed by atoms with E-state index in [0.29, 0.717) is 23.6 Å². The van der Waals surface area contributed by atoms with Crippen LogP contribution in [0.2, 0.25) is 0 Å². The third kappa shape index (κ3) is 3.72. The zero-order chi connectivity index (χ0) is 15.4. The van der Waals surface area contributed by atoms with Crippen LogP contribution in [0.4, 0.5) is 15.8 Å². The van der Waals surface area contributed by atoms with Gasteiger partial charge in [0, 0.05) is 17.3 Å². The first-order chi connectivity index (χ1) is 9.99. The number of hydrogen-bond acceptors (Lipinski definition) is 3. The van der Waals surface area contributed by atoms with Crippen LogP contribution >= 0.6 is 0 Å². The summed E-state index contributed by atoms with van der Waals surface area (Å²) in [6.07, 6.45) is 0. The lowest BCUT2D eigenvalue weighted by molar-refractivity contribution is 0.102. The van der Waals surface area contributed by atoms with E-state index in [0.717, 1.165) is 5.56 Å². The van der Waals surface area contributed by atoms with Crippen molar-refractivity contribution in [2.24, 2.45) is 0 Å². The van der Waals surface area contributed by atoms with Crippen LogP contribution in [-0.2, 0) is 0 Å². The minimum Gasteiger partial charge on any atom is -0.494 e. The second-order valence-electron chi connectivity index (χ2n) is 4.66. The summed E-state index contributed by atoms with van der Waals surface area (Å²) < 4.78 is 19.1. The summed E-state index contributed by atoms with van der Waals surface area (Å²) in [5.74, 6) is -0.407. The minimum atomic E-state index is -0.475. The average Bonchev–Trinajstić information content (AvgIpc) is 2.41. The lowest BCUT2D eigenvalue weighted by Gasteiger charge is -2.10. The summed E-state index contributed by atoms with van der Waals surface area (Å²) in [4.78, 5) is 12.2. The van der Waals surface area contributed by atoms with Gasteiger partial charge in [-0.2, -0.15) is 0 Å². The SMILES string of the molecule is CCOc1cc(N)cc(C(=O)Nc2ccc(C)cc2F)c1. The average molecular weight is 288 g/mol. The molecule has 4 nitrogen and oxygen atoms in total. The Morgan fingerprint density at radius 1 is 1.29 bits per heavy atom. The van der Waals surface area contributed by atoms with Gasteiger partial charge >= 0.3 is 0 Å². The Morgan fingerprint density at radius 2 is 2.05 bits per heavy atom. The number of carbonyl (C=O) groups excluding carboxylic acids is 1. The number of nitrogens with two attached hydrogens (primary N) is 1. The minimum absolute atomic E-state index is 0.131. The maximum atomic E-state index is 13.7. The molecule has 0 aliphatic heterocycles. The second kappa shape index (κ2) is 6.26. The first kappa shape index (κ1) is 14.8. The van der Waals surface area contributed by atoms with Crippen molar-refractivity contribution in [3.05, 3.63) is 53.3 Å². The number of nitrogens with one attached hydrogen (secondary N) is 1. The van der Waals surface area contributed by atoms with Gasteiger partial charge in [0.05, 0.1) is 12.3 Å². The van der Waals surface area contributed by atoms with Crippen LogP contribution in [0.25, 0.3) is 0 Å². The highest BCUT2D eigenvalue weighted by Crippen LogP contribution is 2.21. The van der Waals surface area contributed by atoms with E-state index >= 15 is 0 Å². The van der Waals surface area contributed by atoms with Crippen LogP contribution in [0, 0.1) is 12.7 Å². The number of rotatable bonds is 4. The number of ether oxygens (including phenoxy) is 1. The molecular weight excluding hydrogens is 271 g/mol. The smallest absolute Gasteiger partial charge is 0.255 e. The van der Waals surface area contributed by atoms with Gasteiger partial charge in [-0.1, -0.05) is 6.07 Å². The fraction of sp³-hybridized carbons (Fsp3) is 0.188. The van der Waals surface area contributed by atoms with Gasteiger partial charge in [0.15, 0.2) is 0 Å². The Kier molecular flexibility index (Phi) is 4.42. The van der Waals surface area contributed by atoms with E-state index in [-0.39, 0.29) is 5.69 Å². The van der Waals surface area contributed by atoms with Crippen LogP contribution in [0.5, 0.6) is 5.75 Å². The third-order valence-corrected chi connectivity index (χ3v) is 2.87. The molecule has 2 aromatic rings. The van der Waals surface area contributed by atoms with Crippen molar-refractivity contribution in [2.75, 3.05) is 17.7 Å². The lowest BCUT2D eigenvalue weighted by Crippen LogP contribution is -2.13. The quantitative estimate of drug-likeness (QED) is 0.848. The van der Waals surface area contributed by atoms with Gasteiger partial charge in [0.2, 0.25) is 0 Å². The van der Waals surface area contributed by atoms with E-state index in [1.54, 1.807) is 25.1 Å². The molecule has 0 atom stereocenters. The van der Waals surface area contributed by atoms with Crippen molar-refractivity contribution in [2.45, 2.75) is 13.8 Å². The maximum Gasteiger partial charge on any atom is 0.255 e. The Balaban J connectivity index is 2.23. The van der Waals surface area contributed by atoms with E-state index in [1.165, 1.54) is 18.2 Å². The number of hydrogen-bond donors (Lipinski definition) is 2. The van der Waals surface area contributed by atoms with Crippen molar-refractivity contribution in [1.29, 1.82) is 0 Å². The number of anilines is 2. The summed E-state index contributed by atoms with van der Waals surface area (Å²) in [7, 11) is 0. The van der Waals surface area contributed by atoms with Crippen LogP contribution in [0.1, 0.15) is 22.8 Å². The van der Waals surface area contributed by atoms with E-state index in [1.807, 2.05) is 6.92 Å². The number of carbonyl (C=O) groups is 1. The van der Waals surface area contributed by atoms with Gasteiger partial charge in [-0.05, 0) is 43.7 Å². The van der Waals surface area contributed by atoms with Gasteiger partial charge in [0.1, 0.15) is 11.6 Å². The lowest BCUT2D eigenvalue weighted by atomic mass is 10.1. The summed E-state index contributed by atoms with van der Waals surface area (Å²) in [5, 5.41) is 2.53. The van der Waals surface area contributed by atoms with Crippen molar-refractivity contribution >= 4 is 17.3 Å². The molecule has 0 heterocycles. The topological polar surface area (TPSA) is 64.3 Å². The molecule has 3 N–H and O–H groups in total. The summed E-state index contributed by atoms with van der Waals surface area (Å²) in [6, 6.07) is 9.33. The fourth-order valence-corrected chi connectivity index (χ4v) is 1.92. The summed E-state index contributed by atoms with van der Waals surface area (Å²) >= 11 is 0. The monoisotopic (exact) mass is 288 g/mol. The van der Waals surface area contributed by atoms with Crippen LogP contribution < -0.4 is 15.8 Å². The highest BCUT2D eigenvalue weighted by molar-refractivity contribution is 6.05. The molecule has 0 aromatic heterocycles. The van der Waals surface area contributed by atoms with Crippen molar-refractivity contribution in [3.8, 4) is 5.75 Å². The second-order valence-corrected chi connectivity index (χ2v) is 4.66. The molecule has 0 bridgehead atoms. The zero-order valence-electron chi connectivity index (χ0n) is 11.9. The van der Waals surface area contributed by atoms with E-state index in [2.05, 4.69) is 5.32 Å². The predicted octanol–water partition coefficient (Wildman–Crippen LogP) is 3.37. The normalized spacial score (nSPS) is 10.2. The molecule has 0 unspecified atom stereocenters. The number of amides is 1. The molecule has 0 saturated heterocycles. The molecular formula is C16H17FN2O2. The molecule has 0 saturated carbocycles. The van der Waals surface area contributed by atoms with E-state index in [4.69, 9.17) is 10.5 Å². The Morgan fingerprint density at radius 3 is 2.71 bits per heavy atom. The molecule has 2 aromatic carbocycles.